The Balaban J connectivity index is 1.34. The van der Waals surface area contributed by atoms with Crippen LogP contribution in [0.2, 0.25) is 0 Å². The van der Waals surface area contributed by atoms with Crippen molar-refractivity contribution >= 4 is 15.9 Å². The van der Waals surface area contributed by atoms with Crippen molar-refractivity contribution in [1.29, 1.82) is 0 Å². The monoisotopic (exact) mass is 528 g/mol. The summed E-state index contributed by atoms with van der Waals surface area (Å²) in [6.45, 7) is 0.856. The minimum Gasteiger partial charge on any atom is -0.373 e. The predicted octanol–water partition coefficient (Wildman–Crippen LogP) is 4.19. The number of benzene rings is 2. The van der Waals surface area contributed by atoms with Crippen LogP contribution in [0.15, 0.2) is 30.3 Å². The van der Waals surface area contributed by atoms with Gasteiger partial charge in [-0.1, -0.05) is 0 Å². The minimum atomic E-state index is -3.84. The highest BCUT2D eigenvalue weighted by Gasteiger charge is 2.35. The molecule has 1 aliphatic carbocycles. The van der Waals surface area contributed by atoms with Gasteiger partial charge in [-0.25, -0.2) is 30.7 Å². The standard InChI is InChI=1S/C25H28F4N2O4S/c1-36(33,34)30-24(32)22-12-21(17-2-3-17)18(10-23(22)28)14-35-15-25(29)4-6-31(7-5-25)13-16-8-19(26)11-20(27)9-16/h8-12,17H,2-7,13-15H2,1H3,(H,30,32). The second-order valence-electron chi connectivity index (χ2n) is 9.71. The number of piperidine rings is 1. The number of likely N-dealkylation sites (tertiary alicyclic amines) is 1. The third-order valence-corrected chi connectivity index (χ3v) is 7.02. The molecule has 0 aromatic heterocycles. The van der Waals surface area contributed by atoms with E-state index in [4.69, 9.17) is 4.74 Å². The van der Waals surface area contributed by atoms with E-state index in [2.05, 4.69) is 0 Å². The number of hydrogen-bond donors (Lipinski definition) is 1. The predicted molar refractivity (Wildman–Crippen MR) is 125 cm³/mol. The number of alkyl halides is 1. The van der Waals surface area contributed by atoms with Crippen LogP contribution in [-0.2, 0) is 27.9 Å². The average Bonchev–Trinajstić information content (AvgIpc) is 3.59. The lowest BCUT2D eigenvalue weighted by atomic mass is 9.94. The molecule has 0 spiro atoms. The Hall–Kier alpha value is -2.50. The fraction of sp³-hybridized carbons (Fsp3) is 0.480. The van der Waals surface area contributed by atoms with E-state index in [-0.39, 0.29) is 37.5 Å². The van der Waals surface area contributed by atoms with Crippen LogP contribution >= 0.6 is 0 Å². The summed E-state index contributed by atoms with van der Waals surface area (Å²) in [5.41, 5.74) is -0.269. The number of nitrogens with one attached hydrogen (secondary N) is 1. The molecule has 2 fully saturated rings. The lowest BCUT2D eigenvalue weighted by molar-refractivity contribution is -0.0321. The van der Waals surface area contributed by atoms with Crippen LogP contribution < -0.4 is 4.72 Å². The van der Waals surface area contributed by atoms with Crippen molar-refractivity contribution < 1.29 is 35.5 Å². The fourth-order valence-electron chi connectivity index (χ4n) is 4.49. The SMILES string of the molecule is CS(=O)(=O)NC(=O)c1cc(C2CC2)c(COCC2(F)CCN(Cc3cc(F)cc(F)c3)CC2)cc1F. The molecule has 0 atom stereocenters. The molecule has 2 aliphatic rings. The van der Waals surface area contributed by atoms with Gasteiger partial charge >= 0.3 is 0 Å². The molecule has 0 bridgehead atoms. The van der Waals surface area contributed by atoms with Crippen LogP contribution in [0.4, 0.5) is 17.6 Å². The maximum atomic E-state index is 15.3. The molecule has 1 amide bonds. The highest BCUT2D eigenvalue weighted by molar-refractivity contribution is 7.89. The number of carbonyl (C=O) groups excluding carboxylic acids is 1. The van der Waals surface area contributed by atoms with E-state index in [1.807, 2.05) is 4.90 Å². The molecule has 1 heterocycles. The number of ether oxygens (including phenoxy) is 1. The van der Waals surface area contributed by atoms with Crippen molar-refractivity contribution in [2.24, 2.45) is 0 Å². The molecule has 1 aliphatic heterocycles. The van der Waals surface area contributed by atoms with Gasteiger partial charge in [-0.05, 0) is 72.6 Å². The Bertz CT molecular complexity index is 1220. The summed E-state index contributed by atoms with van der Waals surface area (Å²) in [7, 11) is -3.84. The van der Waals surface area contributed by atoms with Crippen LogP contribution in [0.25, 0.3) is 0 Å². The fourth-order valence-corrected chi connectivity index (χ4v) is 4.94. The molecule has 1 N–H and O–H groups in total. The zero-order chi connectivity index (χ0) is 26.1. The molecule has 1 saturated heterocycles. The molecular formula is C25H28F4N2O4S. The number of amides is 1. The zero-order valence-corrected chi connectivity index (χ0v) is 20.6. The van der Waals surface area contributed by atoms with E-state index in [1.165, 1.54) is 18.2 Å². The van der Waals surface area contributed by atoms with Crippen LogP contribution in [0.1, 0.15) is 58.6 Å². The van der Waals surface area contributed by atoms with Gasteiger partial charge in [0, 0.05) is 25.7 Å². The maximum absolute atomic E-state index is 15.3. The summed E-state index contributed by atoms with van der Waals surface area (Å²) in [6.07, 6.45) is 2.87. The largest absolute Gasteiger partial charge is 0.373 e. The first-order valence-electron chi connectivity index (χ1n) is 11.7. The van der Waals surface area contributed by atoms with Crippen LogP contribution in [0.5, 0.6) is 0 Å². The van der Waals surface area contributed by atoms with Gasteiger partial charge in [0.1, 0.15) is 23.1 Å². The van der Waals surface area contributed by atoms with Crippen molar-refractivity contribution in [3.8, 4) is 0 Å². The number of sulfonamides is 1. The third kappa shape index (κ3) is 7.04. The van der Waals surface area contributed by atoms with Crippen molar-refractivity contribution in [3.63, 3.8) is 0 Å². The van der Waals surface area contributed by atoms with E-state index in [0.717, 1.165) is 31.2 Å². The summed E-state index contributed by atoms with van der Waals surface area (Å²) in [4.78, 5) is 14.1. The molecule has 36 heavy (non-hydrogen) atoms. The van der Waals surface area contributed by atoms with E-state index in [9.17, 15) is 26.4 Å². The normalized spacial score (nSPS) is 18.2. The summed E-state index contributed by atoms with van der Waals surface area (Å²) < 4.78 is 86.9. The molecule has 2 aromatic rings. The van der Waals surface area contributed by atoms with Crippen molar-refractivity contribution in [3.05, 3.63) is 70.0 Å². The number of carbonyl (C=O) groups is 1. The zero-order valence-electron chi connectivity index (χ0n) is 19.8. The molecule has 0 unspecified atom stereocenters. The molecule has 4 rings (SSSR count). The Morgan fingerprint density at radius 2 is 1.72 bits per heavy atom. The van der Waals surface area contributed by atoms with E-state index < -0.39 is 39.1 Å². The van der Waals surface area contributed by atoms with Gasteiger partial charge in [-0.2, -0.15) is 0 Å². The Morgan fingerprint density at radius 3 is 2.31 bits per heavy atom. The second kappa shape index (κ2) is 10.5. The number of halogens is 4. The van der Waals surface area contributed by atoms with Gasteiger partial charge < -0.3 is 4.74 Å². The smallest absolute Gasteiger partial charge is 0.267 e. The lowest BCUT2D eigenvalue weighted by Gasteiger charge is -2.36. The molecule has 1 saturated carbocycles. The van der Waals surface area contributed by atoms with Crippen LogP contribution in [0, 0.1) is 17.5 Å². The van der Waals surface area contributed by atoms with Crippen molar-refractivity contribution in [2.45, 2.75) is 50.4 Å². The maximum Gasteiger partial charge on any atom is 0.267 e. The number of nitrogens with zero attached hydrogens (tertiary/aromatic N) is 1. The highest BCUT2D eigenvalue weighted by Crippen LogP contribution is 2.42. The highest BCUT2D eigenvalue weighted by atomic mass is 32.2. The third-order valence-electron chi connectivity index (χ3n) is 6.47. The quantitative estimate of drug-likeness (QED) is 0.494. The van der Waals surface area contributed by atoms with E-state index >= 15 is 4.39 Å². The van der Waals surface area contributed by atoms with Crippen molar-refractivity contribution in [1.82, 2.24) is 9.62 Å². The Kier molecular flexibility index (Phi) is 7.72. The van der Waals surface area contributed by atoms with Gasteiger partial charge in [0.15, 0.2) is 0 Å². The van der Waals surface area contributed by atoms with Gasteiger partial charge in [0.05, 0.1) is 25.0 Å². The summed E-state index contributed by atoms with van der Waals surface area (Å²) in [5.74, 6) is -3.11. The summed E-state index contributed by atoms with van der Waals surface area (Å²) in [5, 5.41) is 0. The van der Waals surface area contributed by atoms with Gasteiger partial charge in [0.25, 0.3) is 5.91 Å². The first kappa shape index (κ1) is 26.6. The second-order valence-corrected chi connectivity index (χ2v) is 11.5. The van der Waals surface area contributed by atoms with Gasteiger partial charge in [0.2, 0.25) is 10.0 Å². The topological polar surface area (TPSA) is 75.7 Å². The Labute approximate surface area is 207 Å². The van der Waals surface area contributed by atoms with Crippen molar-refractivity contribution in [2.75, 3.05) is 26.0 Å². The first-order chi connectivity index (χ1) is 16.9. The Morgan fingerprint density at radius 1 is 1.08 bits per heavy atom. The molecular weight excluding hydrogens is 500 g/mol. The number of hydrogen-bond acceptors (Lipinski definition) is 5. The van der Waals surface area contributed by atoms with E-state index in [0.29, 0.717) is 36.3 Å². The minimum absolute atomic E-state index is 0.0469. The molecule has 0 radical (unpaired) electrons. The number of rotatable bonds is 9. The molecule has 6 nitrogen and oxygen atoms in total. The first-order valence-corrected chi connectivity index (χ1v) is 13.6. The summed E-state index contributed by atoms with van der Waals surface area (Å²) >= 11 is 0. The average molecular weight is 529 g/mol. The molecule has 2 aromatic carbocycles. The van der Waals surface area contributed by atoms with E-state index in [1.54, 1.807) is 4.72 Å². The van der Waals surface area contributed by atoms with Gasteiger partial charge in [-0.3, -0.25) is 9.69 Å². The molecule has 196 valence electrons. The van der Waals surface area contributed by atoms with Gasteiger partial charge in [-0.15, -0.1) is 0 Å². The lowest BCUT2D eigenvalue weighted by Crippen LogP contribution is -2.44. The van der Waals surface area contributed by atoms with Crippen LogP contribution in [0.3, 0.4) is 0 Å². The molecule has 11 heteroatoms. The summed E-state index contributed by atoms with van der Waals surface area (Å²) in [6, 6.07) is 5.83. The van der Waals surface area contributed by atoms with Crippen LogP contribution in [-0.4, -0.2) is 50.8 Å².